The molecule has 1 aliphatic carbocycles. The van der Waals surface area contributed by atoms with E-state index in [1.54, 1.807) is 55.6 Å². The van der Waals surface area contributed by atoms with Crippen molar-refractivity contribution < 1.29 is 27.5 Å². The SMILES string of the molecule is CCOc1ccc(N(CC(=O)N(Cc2cccc(OC)c2)[C@H](Cc2ccccc2)C(=O)NC2CCCC2)S(=O)(=O)c2ccc(SC)cc2)cc1. The molecule has 0 saturated heterocycles. The summed E-state index contributed by atoms with van der Waals surface area (Å²) in [7, 11) is -2.65. The minimum absolute atomic E-state index is 0.0273. The van der Waals surface area contributed by atoms with Gasteiger partial charge in [-0.25, -0.2) is 8.42 Å². The first-order valence-corrected chi connectivity index (χ1v) is 19.5. The van der Waals surface area contributed by atoms with Crippen molar-refractivity contribution in [1.82, 2.24) is 10.2 Å². The number of carbonyl (C=O) groups excluding carboxylic acids is 2. The Morgan fingerprint density at radius 3 is 2.20 bits per heavy atom. The molecule has 264 valence electrons. The van der Waals surface area contributed by atoms with Crippen LogP contribution in [0.1, 0.15) is 43.7 Å². The molecule has 0 radical (unpaired) electrons. The molecule has 4 aromatic carbocycles. The van der Waals surface area contributed by atoms with Gasteiger partial charge >= 0.3 is 0 Å². The highest BCUT2D eigenvalue weighted by Gasteiger charge is 2.35. The zero-order chi connectivity index (χ0) is 35.5. The summed E-state index contributed by atoms with van der Waals surface area (Å²) >= 11 is 1.50. The molecule has 5 rings (SSSR count). The summed E-state index contributed by atoms with van der Waals surface area (Å²) in [5, 5.41) is 3.21. The molecule has 1 aliphatic rings. The number of nitrogens with one attached hydrogen (secondary N) is 1. The second-order valence-corrected chi connectivity index (χ2v) is 14.9. The lowest BCUT2D eigenvalue weighted by Crippen LogP contribution is -2.54. The van der Waals surface area contributed by atoms with Crippen molar-refractivity contribution in [3.05, 3.63) is 114 Å². The summed E-state index contributed by atoms with van der Waals surface area (Å²) in [6.45, 7) is 1.84. The van der Waals surface area contributed by atoms with E-state index in [0.29, 0.717) is 23.8 Å². The normalized spacial score (nSPS) is 13.7. The van der Waals surface area contributed by atoms with Crippen molar-refractivity contribution in [2.24, 2.45) is 0 Å². The van der Waals surface area contributed by atoms with Gasteiger partial charge in [-0.3, -0.25) is 13.9 Å². The molecule has 1 saturated carbocycles. The maximum Gasteiger partial charge on any atom is 0.264 e. The van der Waals surface area contributed by atoms with Crippen molar-refractivity contribution >= 4 is 39.3 Å². The van der Waals surface area contributed by atoms with E-state index in [1.165, 1.54) is 16.7 Å². The van der Waals surface area contributed by atoms with Gasteiger partial charge in [0.2, 0.25) is 11.8 Å². The number of amides is 2. The lowest BCUT2D eigenvalue weighted by Gasteiger charge is -2.34. The fourth-order valence-corrected chi connectivity index (χ4v) is 7.99. The minimum atomic E-state index is -4.22. The number of benzene rings is 4. The Bertz CT molecular complexity index is 1810. The first kappa shape index (κ1) is 36.8. The Kier molecular flexibility index (Phi) is 12.8. The summed E-state index contributed by atoms with van der Waals surface area (Å²) in [5.41, 5.74) is 1.92. The second-order valence-electron chi connectivity index (χ2n) is 12.2. The molecular formula is C39H45N3O6S2. The number of anilines is 1. The smallest absolute Gasteiger partial charge is 0.264 e. The Balaban J connectivity index is 1.57. The largest absolute Gasteiger partial charge is 0.497 e. The quantitative estimate of drug-likeness (QED) is 0.129. The highest BCUT2D eigenvalue weighted by Crippen LogP contribution is 2.29. The van der Waals surface area contributed by atoms with Crippen LogP contribution in [-0.4, -0.2) is 63.7 Å². The first-order chi connectivity index (χ1) is 24.2. The van der Waals surface area contributed by atoms with Gasteiger partial charge in [0, 0.05) is 23.9 Å². The van der Waals surface area contributed by atoms with Crippen LogP contribution in [0.5, 0.6) is 11.5 Å². The summed E-state index contributed by atoms with van der Waals surface area (Å²) < 4.78 is 41.0. The van der Waals surface area contributed by atoms with Crippen LogP contribution in [0.2, 0.25) is 0 Å². The summed E-state index contributed by atoms with van der Waals surface area (Å²) in [4.78, 5) is 31.5. The van der Waals surface area contributed by atoms with Crippen molar-refractivity contribution in [1.29, 1.82) is 0 Å². The summed E-state index contributed by atoms with van der Waals surface area (Å²) in [6.07, 6.45) is 6.00. The van der Waals surface area contributed by atoms with Gasteiger partial charge in [-0.15, -0.1) is 11.8 Å². The van der Waals surface area contributed by atoms with Gasteiger partial charge in [-0.2, -0.15) is 0 Å². The molecule has 4 aromatic rings. The number of rotatable bonds is 16. The number of ether oxygens (including phenoxy) is 2. The van der Waals surface area contributed by atoms with Crippen LogP contribution in [0.25, 0.3) is 0 Å². The van der Waals surface area contributed by atoms with Crippen LogP contribution < -0.4 is 19.1 Å². The van der Waals surface area contributed by atoms with Crippen LogP contribution >= 0.6 is 11.8 Å². The molecule has 0 aliphatic heterocycles. The van der Waals surface area contributed by atoms with Gasteiger partial charge in [0.25, 0.3) is 10.0 Å². The number of nitrogens with zero attached hydrogens (tertiary/aromatic N) is 2. The molecule has 0 bridgehead atoms. The van der Waals surface area contributed by atoms with Crippen molar-refractivity contribution in [2.45, 2.75) is 67.4 Å². The molecule has 2 amide bonds. The highest BCUT2D eigenvalue weighted by molar-refractivity contribution is 7.98. The first-order valence-electron chi connectivity index (χ1n) is 16.9. The fourth-order valence-electron chi connectivity index (χ4n) is 6.17. The van der Waals surface area contributed by atoms with Gasteiger partial charge in [-0.1, -0.05) is 55.3 Å². The average molecular weight is 716 g/mol. The van der Waals surface area contributed by atoms with Gasteiger partial charge in [0.15, 0.2) is 0 Å². The van der Waals surface area contributed by atoms with E-state index >= 15 is 0 Å². The molecule has 11 heteroatoms. The molecule has 1 fully saturated rings. The maximum atomic E-state index is 14.8. The third-order valence-corrected chi connectivity index (χ3v) is 11.4. The van der Waals surface area contributed by atoms with Gasteiger partial charge < -0.3 is 19.7 Å². The number of methoxy groups -OCH3 is 1. The van der Waals surface area contributed by atoms with Gasteiger partial charge in [-0.05, 0) is 97.8 Å². The fraction of sp³-hybridized carbons (Fsp3) is 0.333. The zero-order valence-electron chi connectivity index (χ0n) is 28.8. The molecule has 0 unspecified atom stereocenters. The molecule has 0 heterocycles. The van der Waals surface area contributed by atoms with E-state index in [-0.39, 0.29) is 29.8 Å². The lowest BCUT2D eigenvalue weighted by molar-refractivity contribution is -0.140. The number of carbonyl (C=O) groups is 2. The van der Waals surface area contributed by atoms with E-state index in [9.17, 15) is 18.0 Å². The molecular weight excluding hydrogens is 671 g/mol. The van der Waals surface area contributed by atoms with Crippen LogP contribution in [0.3, 0.4) is 0 Å². The Morgan fingerprint density at radius 2 is 1.56 bits per heavy atom. The molecule has 9 nitrogen and oxygen atoms in total. The zero-order valence-corrected chi connectivity index (χ0v) is 30.4. The number of thioether (sulfide) groups is 1. The van der Waals surface area contributed by atoms with Crippen molar-refractivity contribution in [3.63, 3.8) is 0 Å². The van der Waals surface area contributed by atoms with Crippen LogP contribution in [0, 0.1) is 0 Å². The van der Waals surface area contributed by atoms with E-state index in [0.717, 1.165) is 46.0 Å². The summed E-state index contributed by atoms with van der Waals surface area (Å²) in [5.74, 6) is 0.404. The topological polar surface area (TPSA) is 105 Å². The number of sulfonamides is 1. The Labute approximate surface area is 300 Å². The molecule has 0 aromatic heterocycles. The number of hydrogen-bond donors (Lipinski definition) is 1. The number of hydrogen-bond acceptors (Lipinski definition) is 7. The van der Waals surface area contributed by atoms with E-state index in [4.69, 9.17) is 9.47 Å². The van der Waals surface area contributed by atoms with Gasteiger partial charge in [0.05, 0.1) is 24.3 Å². The minimum Gasteiger partial charge on any atom is -0.497 e. The molecule has 0 spiro atoms. The summed E-state index contributed by atoms with van der Waals surface area (Å²) in [6, 6.07) is 29.2. The van der Waals surface area contributed by atoms with E-state index < -0.39 is 28.5 Å². The predicted molar refractivity (Wildman–Crippen MR) is 198 cm³/mol. The van der Waals surface area contributed by atoms with E-state index in [1.807, 2.05) is 67.8 Å². The van der Waals surface area contributed by atoms with Gasteiger partial charge in [0.1, 0.15) is 24.1 Å². The van der Waals surface area contributed by atoms with Crippen LogP contribution in [0.15, 0.2) is 113 Å². The van der Waals surface area contributed by atoms with Crippen molar-refractivity contribution in [2.75, 3.05) is 30.8 Å². The molecule has 50 heavy (non-hydrogen) atoms. The monoisotopic (exact) mass is 715 g/mol. The maximum absolute atomic E-state index is 14.8. The standard InChI is InChI=1S/C39H45N3O6S2/c1-4-48-33-19-17-32(18-20-33)42(50(45,46)36-23-21-35(49-3)22-24-36)28-38(43)41(27-30-13-10-16-34(25-30)47-2)37(26-29-11-6-5-7-12-29)39(44)40-31-14-8-9-15-31/h5-7,10-13,16-25,31,37H,4,8-9,14-15,26-28H2,1-3H3,(H,40,44)/t37-/m1/s1. The molecule has 1 N–H and O–H groups in total. The second kappa shape index (κ2) is 17.4. The van der Waals surface area contributed by atoms with E-state index in [2.05, 4.69) is 5.32 Å². The Morgan fingerprint density at radius 1 is 0.880 bits per heavy atom. The highest BCUT2D eigenvalue weighted by atomic mass is 32.2. The predicted octanol–water partition coefficient (Wildman–Crippen LogP) is 6.71. The van der Waals surface area contributed by atoms with Crippen LogP contribution in [0.4, 0.5) is 5.69 Å². The van der Waals surface area contributed by atoms with Crippen molar-refractivity contribution in [3.8, 4) is 11.5 Å². The third kappa shape index (κ3) is 9.39. The van der Waals surface area contributed by atoms with Crippen LogP contribution in [-0.2, 0) is 32.6 Å². The third-order valence-electron chi connectivity index (χ3n) is 8.82. The molecule has 1 atom stereocenters. The lowest BCUT2D eigenvalue weighted by atomic mass is 10.0. The average Bonchev–Trinajstić information content (AvgIpc) is 3.66. The Hall–Kier alpha value is -4.48.